The first kappa shape index (κ1) is 12.4. The van der Waals surface area contributed by atoms with Gasteiger partial charge in [0, 0.05) is 43.5 Å². The highest BCUT2D eigenvalue weighted by molar-refractivity contribution is 7.99. The van der Waals surface area contributed by atoms with E-state index in [0.717, 1.165) is 12.6 Å². The van der Waals surface area contributed by atoms with Crippen molar-refractivity contribution in [3.63, 3.8) is 0 Å². The topological polar surface area (TPSA) is 15.3 Å². The van der Waals surface area contributed by atoms with Gasteiger partial charge in [-0.2, -0.15) is 11.8 Å². The van der Waals surface area contributed by atoms with Crippen molar-refractivity contribution >= 4 is 17.4 Å². The van der Waals surface area contributed by atoms with Crippen molar-refractivity contribution < 1.29 is 0 Å². The molecule has 0 radical (unpaired) electrons. The van der Waals surface area contributed by atoms with Gasteiger partial charge in [0.05, 0.1) is 0 Å². The van der Waals surface area contributed by atoms with Crippen LogP contribution in [0.5, 0.6) is 0 Å². The number of benzene rings is 1. The number of nitrogens with zero attached hydrogens (tertiary/aromatic N) is 1. The molecule has 0 saturated carbocycles. The van der Waals surface area contributed by atoms with Crippen molar-refractivity contribution in [2.45, 2.75) is 24.8 Å². The molecular weight excluding hydrogens is 240 g/mol. The third kappa shape index (κ3) is 2.52. The van der Waals surface area contributed by atoms with E-state index < -0.39 is 0 Å². The number of anilines is 1. The van der Waals surface area contributed by atoms with E-state index >= 15 is 0 Å². The lowest BCUT2D eigenvalue weighted by atomic mass is 9.90. The Bertz CT molecular complexity index is 401. The number of rotatable bonds is 3. The second-order valence-corrected chi connectivity index (χ2v) is 6.58. The van der Waals surface area contributed by atoms with Crippen molar-refractivity contribution in [2.75, 3.05) is 36.5 Å². The fraction of sp³-hybridized carbons (Fsp3) is 0.600. The van der Waals surface area contributed by atoms with E-state index in [0.29, 0.717) is 5.92 Å². The minimum Gasteiger partial charge on any atom is -0.374 e. The van der Waals surface area contributed by atoms with Crippen LogP contribution in [-0.2, 0) is 0 Å². The van der Waals surface area contributed by atoms with Crippen LogP contribution in [0.3, 0.4) is 0 Å². The van der Waals surface area contributed by atoms with E-state index in [-0.39, 0.29) is 0 Å². The van der Waals surface area contributed by atoms with Crippen molar-refractivity contribution in [1.82, 2.24) is 5.32 Å². The van der Waals surface area contributed by atoms with Crippen molar-refractivity contribution in [3.8, 4) is 0 Å². The van der Waals surface area contributed by atoms with Gasteiger partial charge in [-0.15, -0.1) is 0 Å². The van der Waals surface area contributed by atoms with Crippen LogP contribution in [0.1, 0.15) is 24.3 Å². The van der Waals surface area contributed by atoms with Gasteiger partial charge >= 0.3 is 0 Å². The molecule has 2 aliphatic heterocycles. The normalized spacial score (nSPS) is 27.3. The standard InChI is InChI=1S/C15H22N2S/c1-17-8-6-12(10-16-13-7-9-18-11-13)14-4-2-3-5-15(14)17/h2-5,12-13,16H,6-11H2,1H3/t12-,13-/m1/s1. The zero-order valence-corrected chi connectivity index (χ0v) is 11.9. The number of nitrogens with one attached hydrogen (secondary N) is 1. The molecule has 1 fully saturated rings. The summed E-state index contributed by atoms with van der Waals surface area (Å²) in [6, 6.07) is 9.64. The van der Waals surface area contributed by atoms with Gasteiger partial charge in [0.1, 0.15) is 0 Å². The first-order valence-corrected chi connectivity index (χ1v) is 8.11. The summed E-state index contributed by atoms with van der Waals surface area (Å²) in [5, 5.41) is 3.77. The van der Waals surface area contributed by atoms with Gasteiger partial charge in [-0.1, -0.05) is 18.2 Å². The summed E-state index contributed by atoms with van der Waals surface area (Å²) in [5.74, 6) is 3.33. The van der Waals surface area contributed by atoms with Crippen LogP contribution >= 0.6 is 11.8 Å². The highest BCUT2D eigenvalue weighted by Crippen LogP contribution is 2.34. The fourth-order valence-corrected chi connectivity index (χ4v) is 4.21. The molecule has 3 rings (SSSR count). The van der Waals surface area contributed by atoms with Crippen LogP contribution in [0.4, 0.5) is 5.69 Å². The molecule has 1 aromatic carbocycles. The summed E-state index contributed by atoms with van der Waals surface area (Å²) in [7, 11) is 2.20. The smallest absolute Gasteiger partial charge is 0.0399 e. The summed E-state index contributed by atoms with van der Waals surface area (Å²) < 4.78 is 0. The molecule has 98 valence electrons. The lowest BCUT2D eigenvalue weighted by Crippen LogP contribution is -2.36. The van der Waals surface area contributed by atoms with Gasteiger partial charge < -0.3 is 10.2 Å². The minimum absolute atomic E-state index is 0.697. The average Bonchev–Trinajstić information content (AvgIpc) is 2.92. The van der Waals surface area contributed by atoms with Gasteiger partial charge in [-0.05, 0) is 30.2 Å². The Morgan fingerprint density at radius 2 is 2.22 bits per heavy atom. The molecule has 2 heterocycles. The molecule has 2 nitrogen and oxygen atoms in total. The van der Waals surface area contributed by atoms with Crippen LogP contribution < -0.4 is 10.2 Å². The maximum Gasteiger partial charge on any atom is 0.0399 e. The summed E-state index contributed by atoms with van der Waals surface area (Å²) in [6.45, 7) is 2.33. The van der Waals surface area contributed by atoms with E-state index in [4.69, 9.17) is 0 Å². The van der Waals surface area contributed by atoms with Gasteiger partial charge in [0.2, 0.25) is 0 Å². The molecular formula is C15H22N2S. The summed E-state index contributed by atoms with van der Waals surface area (Å²) in [6.07, 6.45) is 2.62. The number of hydrogen-bond donors (Lipinski definition) is 1. The third-order valence-corrected chi connectivity index (χ3v) is 5.35. The number of thioether (sulfide) groups is 1. The zero-order chi connectivity index (χ0) is 12.4. The fourth-order valence-electron chi connectivity index (χ4n) is 3.02. The van der Waals surface area contributed by atoms with Crippen LogP contribution in [0.25, 0.3) is 0 Å². The van der Waals surface area contributed by atoms with Crippen molar-refractivity contribution in [2.24, 2.45) is 0 Å². The molecule has 0 aromatic heterocycles. The SMILES string of the molecule is CN1CC[C@H](CN[C@@H]2CCSC2)c2ccccc21. The summed E-state index contributed by atoms with van der Waals surface area (Å²) in [5.41, 5.74) is 2.96. The minimum atomic E-state index is 0.697. The maximum atomic E-state index is 3.77. The predicted octanol–water partition coefficient (Wildman–Crippen LogP) is 2.71. The Morgan fingerprint density at radius 1 is 1.33 bits per heavy atom. The lowest BCUT2D eigenvalue weighted by Gasteiger charge is -2.33. The van der Waals surface area contributed by atoms with Crippen LogP contribution in [0, 0.1) is 0 Å². The molecule has 3 heteroatoms. The number of hydrogen-bond acceptors (Lipinski definition) is 3. The van der Waals surface area contributed by atoms with Gasteiger partial charge in [-0.3, -0.25) is 0 Å². The summed E-state index contributed by atoms with van der Waals surface area (Å²) in [4.78, 5) is 2.39. The van der Waals surface area contributed by atoms with Crippen molar-refractivity contribution in [3.05, 3.63) is 29.8 Å². The molecule has 2 atom stereocenters. The molecule has 2 aliphatic rings. The van der Waals surface area contributed by atoms with Crippen molar-refractivity contribution in [1.29, 1.82) is 0 Å². The largest absolute Gasteiger partial charge is 0.374 e. The predicted molar refractivity (Wildman–Crippen MR) is 80.8 cm³/mol. The molecule has 0 aliphatic carbocycles. The monoisotopic (exact) mass is 262 g/mol. The molecule has 0 bridgehead atoms. The van der Waals surface area contributed by atoms with E-state index in [1.165, 1.54) is 42.1 Å². The highest BCUT2D eigenvalue weighted by atomic mass is 32.2. The Morgan fingerprint density at radius 3 is 3.06 bits per heavy atom. The maximum absolute atomic E-state index is 3.77. The third-order valence-electron chi connectivity index (χ3n) is 4.18. The van der Waals surface area contributed by atoms with E-state index in [9.17, 15) is 0 Å². The first-order chi connectivity index (χ1) is 8.84. The molecule has 1 aromatic rings. The Labute approximate surface area is 114 Å². The van der Waals surface area contributed by atoms with Gasteiger partial charge in [0.25, 0.3) is 0 Å². The highest BCUT2D eigenvalue weighted by Gasteiger charge is 2.24. The molecule has 0 spiro atoms. The number of para-hydroxylation sites is 1. The molecule has 18 heavy (non-hydrogen) atoms. The second-order valence-electron chi connectivity index (χ2n) is 5.43. The number of fused-ring (bicyclic) bond motifs is 1. The first-order valence-electron chi connectivity index (χ1n) is 6.96. The van der Waals surface area contributed by atoms with Crippen LogP contribution in [0.15, 0.2) is 24.3 Å². The lowest BCUT2D eigenvalue weighted by molar-refractivity contribution is 0.485. The molecule has 0 amide bonds. The van der Waals surface area contributed by atoms with E-state index in [2.05, 4.69) is 53.3 Å². The molecule has 1 N–H and O–H groups in total. The summed E-state index contributed by atoms with van der Waals surface area (Å²) >= 11 is 2.08. The quantitative estimate of drug-likeness (QED) is 0.901. The van der Waals surface area contributed by atoms with Crippen LogP contribution in [0.2, 0.25) is 0 Å². The zero-order valence-electron chi connectivity index (χ0n) is 11.1. The van der Waals surface area contributed by atoms with Gasteiger partial charge in [-0.25, -0.2) is 0 Å². The second kappa shape index (κ2) is 5.54. The van der Waals surface area contributed by atoms with E-state index in [1.807, 2.05) is 0 Å². The Hall–Kier alpha value is -0.670. The van der Waals surface area contributed by atoms with Crippen LogP contribution in [-0.4, -0.2) is 37.7 Å². The molecule has 1 saturated heterocycles. The van der Waals surface area contributed by atoms with Gasteiger partial charge in [0.15, 0.2) is 0 Å². The molecule has 0 unspecified atom stereocenters. The van der Waals surface area contributed by atoms with E-state index in [1.54, 1.807) is 0 Å². The Balaban J connectivity index is 1.68. The Kier molecular flexibility index (Phi) is 3.80. The average molecular weight is 262 g/mol.